The van der Waals surface area contributed by atoms with Gasteiger partial charge in [0.25, 0.3) is 0 Å². The monoisotopic (exact) mass is 298 g/mol. The summed E-state index contributed by atoms with van der Waals surface area (Å²) in [7, 11) is 0. The molecule has 0 spiro atoms. The van der Waals surface area contributed by atoms with Crippen molar-refractivity contribution in [1.82, 2.24) is 4.98 Å². The number of nitrogens with zero attached hydrogens (tertiary/aromatic N) is 1. The number of aromatic nitrogens is 1. The van der Waals surface area contributed by atoms with Crippen molar-refractivity contribution in [3.8, 4) is 0 Å². The third-order valence-corrected chi connectivity index (χ3v) is 4.06. The fraction of sp³-hybridized carbons (Fsp3) is 0.222. The predicted octanol–water partition coefficient (Wildman–Crippen LogP) is 4.49. The van der Waals surface area contributed by atoms with Crippen molar-refractivity contribution >= 4 is 39.4 Å². The van der Waals surface area contributed by atoms with E-state index in [-0.39, 0.29) is 5.13 Å². The van der Waals surface area contributed by atoms with Gasteiger partial charge in [0.1, 0.15) is 4.88 Å². The standard InChI is InChI=1S/C9H6ClF3N2S2/c10-7-2-1-5(16-7)3-14-8-15-4-6(17-8)9(11,12)13/h1-2,4H,3H2,(H,14,15). The maximum absolute atomic E-state index is 12.3. The molecule has 0 aliphatic rings. The summed E-state index contributed by atoms with van der Waals surface area (Å²) in [5.41, 5.74) is 0. The lowest BCUT2D eigenvalue weighted by atomic mass is 10.5. The van der Waals surface area contributed by atoms with E-state index in [2.05, 4.69) is 10.3 Å². The van der Waals surface area contributed by atoms with Crippen LogP contribution in [-0.2, 0) is 12.7 Å². The molecule has 0 saturated heterocycles. The summed E-state index contributed by atoms with van der Waals surface area (Å²) < 4.78 is 37.5. The molecule has 2 aromatic heterocycles. The van der Waals surface area contributed by atoms with Crippen LogP contribution in [0.2, 0.25) is 4.34 Å². The van der Waals surface area contributed by atoms with Gasteiger partial charge in [-0.1, -0.05) is 22.9 Å². The second-order valence-electron chi connectivity index (χ2n) is 3.09. The lowest BCUT2D eigenvalue weighted by Gasteiger charge is -2.00. The summed E-state index contributed by atoms with van der Waals surface area (Å²) >= 11 is 7.70. The Balaban J connectivity index is 1.98. The molecule has 0 radical (unpaired) electrons. The van der Waals surface area contributed by atoms with E-state index in [9.17, 15) is 13.2 Å². The Bertz CT molecular complexity index is 506. The first kappa shape index (κ1) is 12.7. The molecule has 17 heavy (non-hydrogen) atoms. The van der Waals surface area contributed by atoms with E-state index in [0.29, 0.717) is 22.2 Å². The van der Waals surface area contributed by atoms with E-state index in [1.165, 1.54) is 11.3 Å². The van der Waals surface area contributed by atoms with Gasteiger partial charge in [-0.25, -0.2) is 4.98 Å². The second kappa shape index (κ2) is 4.83. The van der Waals surface area contributed by atoms with Gasteiger partial charge in [0.2, 0.25) is 0 Å². The van der Waals surface area contributed by atoms with Crippen molar-refractivity contribution in [1.29, 1.82) is 0 Å². The molecular weight excluding hydrogens is 293 g/mol. The zero-order valence-corrected chi connectivity index (χ0v) is 10.6. The summed E-state index contributed by atoms with van der Waals surface area (Å²) in [5.74, 6) is 0. The van der Waals surface area contributed by atoms with Gasteiger partial charge >= 0.3 is 6.18 Å². The van der Waals surface area contributed by atoms with Crippen LogP contribution >= 0.6 is 34.3 Å². The average molecular weight is 299 g/mol. The zero-order chi connectivity index (χ0) is 12.5. The van der Waals surface area contributed by atoms with Crippen molar-refractivity contribution in [2.45, 2.75) is 12.7 Å². The number of thiophene rings is 1. The molecule has 2 heterocycles. The van der Waals surface area contributed by atoms with Crippen LogP contribution < -0.4 is 5.32 Å². The number of rotatable bonds is 3. The van der Waals surface area contributed by atoms with Crippen LogP contribution in [0.5, 0.6) is 0 Å². The van der Waals surface area contributed by atoms with Crippen molar-refractivity contribution < 1.29 is 13.2 Å². The third-order valence-electron chi connectivity index (χ3n) is 1.83. The minimum Gasteiger partial charge on any atom is -0.357 e. The number of hydrogen-bond acceptors (Lipinski definition) is 4. The highest BCUT2D eigenvalue weighted by Gasteiger charge is 2.33. The fourth-order valence-electron chi connectivity index (χ4n) is 1.10. The summed E-state index contributed by atoms with van der Waals surface area (Å²) in [6.07, 6.45) is -3.50. The quantitative estimate of drug-likeness (QED) is 0.903. The van der Waals surface area contributed by atoms with E-state index in [1.54, 1.807) is 6.07 Å². The number of anilines is 1. The molecule has 0 aliphatic carbocycles. The first-order valence-corrected chi connectivity index (χ1v) is 6.47. The molecule has 0 saturated carbocycles. The molecular formula is C9H6ClF3N2S2. The number of hydrogen-bond donors (Lipinski definition) is 1. The van der Waals surface area contributed by atoms with Gasteiger partial charge in [-0.3, -0.25) is 0 Å². The van der Waals surface area contributed by atoms with Crippen molar-refractivity contribution in [3.05, 3.63) is 32.4 Å². The Labute approximate surface area is 108 Å². The molecule has 2 nitrogen and oxygen atoms in total. The van der Waals surface area contributed by atoms with E-state index in [4.69, 9.17) is 11.6 Å². The molecule has 0 unspecified atom stereocenters. The van der Waals surface area contributed by atoms with Crippen LogP contribution in [0.25, 0.3) is 0 Å². The number of thiazole rings is 1. The van der Waals surface area contributed by atoms with Gasteiger partial charge in [-0.15, -0.1) is 11.3 Å². The van der Waals surface area contributed by atoms with Crippen LogP contribution in [-0.4, -0.2) is 4.98 Å². The zero-order valence-electron chi connectivity index (χ0n) is 8.21. The normalized spacial score (nSPS) is 11.8. The van der Waals surface area contributed by atoms with Crippen LogP contribution in [0.1, 0.15) is 9.75 Å². The topological polar surface area (TPSA) is 24.9 Å². The van der Waals surface area contributed by atoms with Crippen molar-refractivity contribution in [3.63, 3.8) is 0 Å². The van der Waals surface area contributed by atoms with Crippen LogP contribution in [0, 0.1) is 0 Å². The van der Waals surface area contributed by atoms with Gasteiger partial charge < -0.3 is 5.32 Å². The molecule has 2 rings (SSSR count). The van der Waals surface area contributed by atoms with Gasteiger partial charge in [0.05, 0.1) is 17.1 Å². The Morgan fingerprint density at radius 1 is 1.29 bits per heavy atom. The van der Waals surface area contributed by atoms with Crippen LogP contribution in [0.4, 0.5) is 18.3 Å². The second-order valence-corrected chi connectivity index (χ2v) is 5.92. The fourth-order valence-corrected chi connectivity index (χ4v) is 2.80. The number of nitrogens with one attached hydrogen (secondary N) is 1. The molecule has 0 aliphatic heterocycles. The molecule has 0 amide bonds. The summed E-state index contributed by atoms with van der Waals surface area (Å²) in [6.45, 7) is 0.419. The highest BCUT2D eigenvalue weighted by Crippen LogP contribution is 2.35. The van der Waals surface area contributed by atoms with E-state index < -0.39 is 11.1 Å². The van der Waals surface area contributed by atoms with Crippen LogP contribution in [0.3, 0.4) is 0 Å². The highest BCUT2D eigenvalue weighted by atomic mass is 35.5. The number of alkyl halides is 3. The molecule has 8 heteroatoms. The lowest BCUT2D eigenvalue weighted by molar-refractivity contribution is -0.134. The predicted molar refractivity (Wildman–Crippen MR) is 63.8 cm³/mol. The molecule has 0 aromatic carbocycles. The molecule has 0 fully saturated rings. The smallest absolute Gasteiger partial charge is 0.357 e. The van der Waals surface area contributed by atoms with Gasteiger partial charge in [0.15, 0.2) is 5.13 Å². The van der Waals surface area contributed by atoms with Gasteiger partial charge in [-0.05, 0) is 12.1 Å². The Morgan fingerprint density at radius 3 is 2.59 bits per heavy atom. The maximum atomic E-state index is 12.3. The summed E-state index contributed by atoms with van der Waals surface area (Å²) in [4.78, 5) is 3.90. The van der Waals surface area contributed by atoms with Crippen molar-refractivity contribution in [2.75, 3.05) is 5.32 Å². The molecule has 0 atom stereocenters. The Morgan fingerprint density at radius 2 is 2.06 bits per heavy atom. The first-order valence-electron chi connectivity index (χ1n) is 4.46. The summed E-state index contributed by atoms with van der Waals surface area (Å²) in [5, 5.41) is 3.08. The summed E-state index contributed by atoms with van der Waals surface area (Å²) in [6, 6.07) is 3.56. The molecule has 2 aromatic rings. The minimum absolute atomic E-state index is 0.252. The average Bonchev–Trinajstić information content (AvgIpc) is 2.82. The molecule has 1 N–H and O–H groups in total. The Hall–Kier alpha value is -0.790. The lowest BCUT2D eigenvalue weighted by Crippen LogP contribution is -2.00. The SMILES string of the molecule is FC(F)(F)c1cnc(NCc2ccc(Cl)s2)s1. The minimum atomic E-state index is -4.33. The molecule has 92 valence electrons. The van der Waals surface area contributed by atoms with E-state index in [0.717, 1.165) is 11.1 Å². The molecule has 0 bridgehead atoms. The van der Waals surface area contributed by atoms with Gasteiger partial charge in [0, 0.05) is 4.88 Å². The highest BCUT2D eigenvalue weighted by molar-refractivity contribution is 7.16. The van der Waals surface area contributed by atoms with Gasteiger partial charge in [-0.2, -0.15) is 13.2 Å². The number of halogens is 4. The third kappa shape index (κ3) is 3.34. The maximum Gasteiger partial charge on any atom is 0.427 e. The van der Waals surface area contributed by atoms with Crippen LogP contribution in [0.15, 0.2) is 18.3 Å². The first-order chi connectivity index (χ1) is 7.95. The van der Waals surface area contributed by atoms with Crippen molar-refractivity contribution in [2.24, 2.45) is 0 Å². The van der Waals surface area contributed by atoms with E-state index in [1.807, 2.05) is 6.07 Å². The largest absolute Gasteiger partial charge is 0.427 e. The Kier molecular flexibility index (Phi) is 3.60. The van der Waals surface area contributed by atoms with E-state index >= 15 is 0 Å².